The van der Waals surface area contributed by atoms with E-state index in [0.29, 0.717) is 22.4 Å². The third-order valence-corrected chi connectivity index (χ3v) is 4.48. The van der Waals surface area contributed by atoms with E-state index >= 15 is 0 Å². The lowest BCUT2D eigenvalue weighted by molar-refractivity contribution is 0.0998. The number of amides is 1. The number of fused-ring (bicyclic) bond motifs is 1. The first-order valence-corrected chi connectivity index (χ1v) is 7.73. The van der Waals surface area contributed by atoms with Crippen LogP contribution < -0.4 is 10.1 Å². The van der Waals surface area contributed by atoms with Crippen molar-refractivity contribution in [2.45, 2.75) is 19.8 Å². The number of hydrogen-bond donors (Lipinski definition) is 1. The molecule has 2 aromatic heterocycles. The maximum Gasteiger partial charge on any atom is 0.293 e. The van der Waals surface area contributed by atoms with E-state index in [4.69, 9.17) is 9.15 Å². The van der Waals surface area contributed by atoms with Gasteiger partial charge in [0.05, 0.1) is 7.11 Å². The van der Waals surface area contributed by atoms with E-state index in [2.05, 4.69) is 24.1 Å². The maximum atomic E-state index is 12.3. The molecule has 5 nitrogen and oxygen atoms in total. The summed E-state index contributed by atoms with van der Waals surface area (Å²) in [6.07, 6.45) is 1.78. The Morgan fingerprint density at radius 1 is 1.41 bits per heavy atom. The third kappa shape index (κ3) is 2.69. The fourth-order valence-corrected chi connectivity index (χ4v) is 2.89. The Labute approximate surface area is 131 Å². The van der Waals surface area contributed by atoms with Crippen LogP contribution in [0, 0.1) is 0 Å². The lowest BCUT2D eigenvalue weighted by atomic mass is 10.2. The molecule has 0 unspecified atom stereocenters. The van der Waals surface area contributed by atoms with E-state index in [1.165, 1.54) is 11.3 Å². The molecule has 0 aliphatic heterocycles. The molecule has 0 atom stereocenters. The quantitative estimate of drug-likeness (QED) is 0.780. The number of anilines is 1. The zero-order valence-electron chi connectivity index (χ0n) is 12.5. The van der Waals surface area contributed by atoms with Crippen LogP contribution in [-0.4, -0.2) is 18.0 Å². The highest BCUT2D eigenvalue weighted by atomic mass is 32.1. The van der Waals surface area contributed by atoms with Crippen LogP contribution in [-0.2, 0) is 0 Å². The number of methoxy groups -OCH3 is 1. The number of nitrogens with zero attached hydrogens (tertiary/aromatic N) is 1. The van der Waals surface area contributed by atoms with E-state index in [1.807, 2.05) is 12.1 Å². The van der Waals surface area contributed by atoms with Crippen molar-refractivity contribution < 1.29 is 13.9 Å². The van der Waals surface area contributed by atoms with Crippen LogP contribution in [0.4, 0.5) is 5.13 Å². The van der Waals surface area contributed by atoms with Crippen molar-refractivity contribution >= 4 is 33.3 Å². The second kappa shape index (κ2) is 5.81. The normalized spacial score (nSPS) is 11.1. The summed E-state index contributed by atoms with van der Waals surface area (Å²) in [5.41, 5.74) is 0.567. The summed E-state index contributed by atoms with van der Waals surface area (Å²) >= 11 is 1.47. The van der Waals surface area contributed by atoms with Gasteiger partial charge in [-0.05, 0) is 18.1 Å². The molecule has 114 valence electrons. The molecule has 0 bridgehead atoms. The smallest absolute Gasteiger partial charge is 0.293 e. The van der Waals surface area contributed by atoms with Gasteiger partial charge in [-0.3, -0.25) is 10.1 Å². The molecule has 1 aromatic carbocycles. The topological polar surface area (TPSA) is 64.4 Å². The molecule has 3 aromatic rings. The highest BCUT2D eigenvalue weighted by molar-refractivity contribution is 7.15. The second-order valence-corrected chi connectivity index (χ2v) is 6.23. The van der Waals surface area contributed by atoms with E-state index in [9.17, 15) is 4.79 Å². The number of furan rings is 1. The molecule has 22 heavy (non-hydrogen) atoms. The van der Waals surface area contributed by atoms with Gasteiger partial charge in [0.25, 0.3) is 5.91 Å². The van der Waals surface area contributed by atoms with Crippen LogP contribution in [0.5, 0.6) is 5.75 Å². The molecule has 6 heteroatoms. The molecule has 0 radical (unpaired) electrons. The van der Waals surface area contributed by atoms with Gasteiger partial charge in [0.1, 0.15) is 0 Å². The minimum absolute atomic E-state index is 0.237. The van der Waals surface area contributed by atoms with Crippen LogP contribution in [0.25, 0.3) is 11.0 Å². The number of ether oxygens (including phenoxy) is 1. The molecule has 0 saturated heterocycles. The fourth-order valence-electron chi connectivity index (χ4n) is 2.08. The van der Waals surface area contributed by atoms with Gasteiger partial charge in [0.2, 0.25) is 0 Å². The van der Waals surface area contributed by atoms with E-state index in [1.54, 1.807) is 25.4 Å². The van der Waals surface area contributed by atoms with Crippen molar-refractivity contribution in [2.24, 2.45) is 0 Å². The van der Waals surface area contributed by atoms with Gasteiger partial charge < -0.3 is 9.15 Å². The van der Waals surface area contributed by atoms with Gasteiger partial charge in [-0.2, -0.15) is 0 Å². The van der Waals surface area contributed by atoms with E-state index < -0.39 is 0 Å². The molecule has 0 aliphatic rings. The molecule has 1 amide bonds. The van der Waals surface area contributed by atoms with E-state index in [-0.39, 0.29) is 11.7 Å². The number of para-hydroxylation sites is 1. The molecule has 2 heterocycles. The zero-order chi connectivity index (χ0) is 15.7. The number of benzene rings is 1. The molecular weight excluding hydrogens is 300 g/mol. The first-order chi connectivity index (χ1) is 10.6. The Morgan fingerprint density at radius 2 is 2.23 bits per heavy atom. The lowest BCUT2D eigenvalue weighted by Gasteiger charge is -1.99. The lowest BCUT2D eigenvalue weighted by Crippen LogP contribution is -2.10. The monoisotopic (exact) mass is 316 g/mol. The largest absolute Gasteiger partial charge is 0.493 e. The number of carbonyl (C=O) groups is 1. The predicted molar refractivity (Wildman–Crippen MR) is 86.9 cm³/mol. The van der Waals surface area contributed by atoms with Crippen molar-refractivity contribution in [3.63, 3.8) is 0 Å². The molecule has 0 fully saturated rings. The molecule has 1 N–H and O–H groups in total. The number of rotatable bonds is 4. The Morgan fingerprint density at radius 3 is 2.91 bits per heavy atom. The minimum atomic E-state index is -0.317. The average molecular weight is 316 g/mol. The molecule has 3 rings (SSSR count). The van der Waals surface area contributed by atoms with Gasteiger partial charge in [0.15, 0.2) is 22.2 Å². The summed E-state index contributed by atoms with van der Waals surface area (Å²) in [5, 5.41) is 4.16. The third-order valence-electron chi connectivity index (χ3n) is 3.26. The number of nitrogens with one attached hydrogen (secondary N) is 1. The van der Waals surface area contributed by atoms with Gasteiger partial charge >= 0.3 is 0 Å². The van der Waals surface area contributed by atoms with Crippen molar-refractivity contribution in [2.75, 3.05) is 12.4 Å². The van der Waals surface area contributed by atoms with Crippen LogP contribution in [0.1, 0.15) is 35.2 Å². The zero-order valence-corrected chi connectivity index (χ0v) is 13.4. The molecule has 0 spiro atoms. The molecular formula is C16H16N2O3S. The summed E-state index contributed by atoms with van der Waals surface area (Å²) < 4.78 is 10.9. The van der Waals surface area contributed by atoms with Crippen molar-refractivity contribution in [1.82, 2.24) is 4.98 Å². The Balaban J connectivity index is 1.85. The maximum absolute atomic E-state index is 12.3. The summed E-state index contributed by atoms with van der Waals surface area (Å²) in [7, 11) is 1.57. The minimum Gasteiger partial charge on any atom is -0.493 e. The standard InChI is InChI=1S/C16H16N2O3S/c1-9(2)13-8-17-16(22-13)18-15(19)12-7-10-5-4-6-11(20-3)14(10)21-12/h4-9H,1-3H3,(H,17,18,19). The summed E-state index contributed by atoms with van der Waals surface area (Å²) in [6, 6.07) is 7.22. The Hall–Kier alpha value is -2.34. The fraction of sp³-hybridized carbons (Fsp3) is 0.250. The van der Waals surface area contributed by atoms with Gasteiger partial charge in [-0.15, -0.1) is 11.3 Å². The average Bonchev–Trinajstić information content (AvgIpc) is 3.12. The van der Waals surface area contributed by atoms with Gasteiger partial charge in [-0.25, -0.2) is 4.98 Å². The number of carbonyl (C=O) groups excluding carboxylic acids is 1. The Kier molecular flexibility index (Phi) is 3.85. The predicted octanol–water partition coefficient (Wildman–Crippen LogP) is 4.27. The van der Waals surface area contributed by atoms with Crippen LogP contribution >= 0.6 is 11.3 Å². The summed E-state index contributed by atoms with van der Waals surface area (Å²) in [5.74, 6) is 0.912. The number of hydrogen-bond acceptors (Lipinski definition) is 5. The van der Waals surface area contributed by atoms with Crippen molar-refractivity contribution in [1.29, 1.82) is 0 Å². The van der Waals surface area contributed by atoms with Gasteiger partial charge in [0, 0.05) is 16.5 Å². The summed E-state index contributed by atoms with van der Waals surface area (Å²) in [4.78, 5) is 17.6. The van der Waals surface area contributed by atoms with E-state index in [0.717, 1.165) is 10.3 Å². The number of thiazole rings is 1. The second-order valence-electron chi connectivity index (χ2n) is 5.17. The van der Waals surface area contributed by atoms with Crippen LogP contribution in [0.2, 0.25) is 0 Å². The highest BCUT2D eigenvalue weighted by Gasteiger charge is 2.16. The molecule has 0 saturated carbocycles. The number of aromatic nitrogens is 1. The highest BCUT2D eigenvalue weighted by Crippen LogP contribution is 2.29. The SMILES string of the molecule is COc1cccc2cc(C(=O)Nc3ncc(C(C)C)s3)oc12. The van der Waals surface area contributed by atoms with Crippen molar-refractivity contribution in [3.05, 3.63) is 41.1 Å². The summed E-state index contributed by atoms with van der Waals surface area (Å²) in [6.45, 7) is 4.18. The van der Waals surface area contributed by atoms with Crippen LogP contribution in [0.15, 0.2) is 34.9 Å². The first-order valence-electron chi connectivity index (χ1n) is 6.92. The Bertz CT molecular complexity index is 820. The van der Waals surface area contributed by atoms with Crippen LogP contribution in [0.3, 0.4) is 0 Å². The van der Waals surface area contributed by atoms with Crippen molar-refractivity contribution in [3.8, 4) is 5.75 Å². The molecule has 0 aliphatic carbocycles. The first kappa shape index (κ1) is 14.6. The van der Waals surface area contributed by atoms with Gasteiger partial charge in [-0.1, -0.05) is 26.0 Å².